The predicted octanol–water partition coefficient (Wildman–Crippen LogP) is 1.81. The van der Waals surface area contributed by atoms with Crippen molar-refractivity contribution < 1.29 is 14.7 Å². The van der Waals surface area contributed by atoms with Gasteiger partial charge in [0.15, 0.2) is 0 Å². The highest BCUT2D eigenvalue weighted by molar-refractivity contribution is 7.18. The molecule has 0 aliphatic heterocycles. The molecule has 0 bridgehead atoms. The molecule has 2 aromatic rings. The van der Waals surface area contributed by atoms with Crippen molar-refractivity contribution in [3.63, 3.8) is 0 Å². The average molecular weight is 265 g/mol. The Bertz CT molecular complexity index is 615. The molecule has 2 rings (SSSR count). The summed E-state index contributed by atoms with van der Waals surface area (Å²) in [6.07, 6.45) is 3.43. The van der Waals surface area contributed by atoms with Crippen LogP contribution >= 0.6 is 11.3 Å². The molecule has 0 atom stereocenters. The van der Waals surface area contributed by atoms with E-state index < -0.39 is 5.97 Å². The van der Waals surface area contributed by atoms with Gasteiger partial charge in [-0.1, -0.05) is 0 Å². The van der Waals surface area contributed by atoms with Crippen molar-refractivity contribution in [2.75, 3.05) is 5.32 Å². The maximum atomic E-state index is 11.1. The first-order chi connectivity index (χ1) is 8.47. The molecule has 0 spiro atoms. The van der Waals surface area contributed by atoms with Gasteiger partial charge in [0.05, 0.1) is 11.9 Å². The number of rotatable bonds is 3. The van der Waals surface area contributed by atoms with Gasteiger partial charge in [-0.3, -0.25) is 9.48 Å². The SMILES string of the molecule is CC(=O)Nc1cc(-c2cnn(C)c2)sc1C(=O)O. The summed E-state index contributed by atoms with van der Waals surface area (Å²) in [4.78, 5) is 23.0. The smallest absolute Gasteiger partial charge is 0.348 e. The van der Waals surface area contributed by atoms with E-state index in [0.717, 1.165) is 21.8 Å². The van der Waals surface area contributed by atoms with Gasteiger partial charge < -0.3 is 10.4 Å². The second-order valence-corrected chi connectivity index (χ2v) is 4.79. The van der Waals surface area contributed by atoms with Crippen molar-refractivity contribution in [3.05, 3.63) is 23.3 Å². The van der Waals surface area contributed by atoms with Crippen molar-refractivity contribution in [2.24, 2.45) is 7.05 Å². The van der Waals surface area contributed by atoms with E-state index in [2.05, 4.69) is 10.4 Å². The lowest BCUT2D eigenvalue weighted by molar-refractivity contribution is -0.114. The monoisotopic (exact) mass is 265 g/mol. The van der Waals surface area contributed by atoms with E-state index in [1.54, 1.807) is 30.2 Å². The van der Waals surface area contributed by atoms with Gasteiger partial charge in [-0.05, 0) is 6.07 Å². The number of carboxylic acid groups (broad SMARTS) is 1. The van der Waals surface area contributed by atoms with Crippen molar-refractivity contribution in [1.29, 1.82) is 0 Å². The molecule has 7 heteroatoms. The van der Waals surface area contributed by atoms with E-state index in [0.29, 0.717) is 5.69 Å². The summed E-state index contributed by atoms with van der Waals surface area (Å²) >= 11 is 1.11. The lowest BCUT2D eigenvalue weighted by Crippen LogP contribution is -2.08. The number of carbonyl (C=O) groups excluding carboxylic acids is 1. The molecule has 1 amide bonds. The molecule has 0 saturated carbocycles. The minimum Gasteiger partial charge on any atom is -0.477 e. The van der Waals surface area contributed by atoms with Crippen molar-refractivity contribution in [3.8, 4) is 10.4 Å². The van der Waals surface area contributed by atoms with Crippen molar-refractivity contribution >= 4 is 28.9 Å². The second kappa shape index (κ2) is 4.61. The normalized spacial score (nSPS) is 10.3. The standard InChI is InChI=1S/C11H11N3O3S/c1-6(15)13-8-3-9(18-10(8)11(16)17)7-4-12-14(2)5-7/h3-5H,1-2H3,(H,13,15)(H,16,17). The summed E-state index contributed by atoms with van der Waals surface area (Å²) in [6.45, 7) is 1.34. The molecule has 0 aliphatic rings. The lowest BCUT2D eigenvalue weighted by Gasteiger charge is -1.98. The number of carbonyl (C=O) groups is 2. The first-order valence-corrected chi connectivity index (χ1v) is 5.92. The first kappa shape index (κ1) is 12.3. The minimum atomic E-state index is -1.06. The number of thiophene rings is 1. The summed E-state index contributed by atoms with van der Waals surface area (Å²) in [5.74, 6) is -1.35. The summed E-state index contributed by atoms with van der Waals surface area (Å²) in [6, 6.07) is 1.65. The van der Waals surface area contributed by atoms with Crippen LogP contribution in [0.25, 0.3) is 10.4 Å². The minimum absolute atomic E-state index is 0.115. The van der Waals surface area contributed by atoms with E-state index in [9.17, 15) is 9.59 Å². The zero-order valence-electron chi connectivity index (χ0n) is 9.80. The molecule has 2 N–H and O–H groups in total. The van der Waals surface area contributed by atoms with Gasteiger partial charge >= 0.3 is 5.97 Å². The lowest BCUT2D eigenvalue weighted by atomic mass is 10.2. The number of aromatic nitrogens is 2. The summed E-state index contributed by atoms with van der Waals surface area (Å²) in [5.41, 5.74) is 1.14. The first-order valence-electron chi connectivity index (χ1n) is 5.11. The molecule has 0 fully saturated rings. The zero-order valence-corrected chi connectivity index (χ0v) is 10.6. The fourth-order valence-electron chi connectivity index (χ4n) is 1.52. The van der Waals surface area contributed by atoms with Crippen LogP contribution in [0, 0.1) is 0 Å². The highest BCUT2D eigenvalue weighted by Crippen LogP contribution is 2.34. The number of amides is 1. The van der Waals surface area contributed by atoms with E-state index in [-0.39, 0.29) is 10.8 Å². The fourth-order valence-corrected chi connectivity index (χ4v) is 2.45. The summed E-state index contributed by atoms with van der Waals surface area (Å²) in [5, 5.41) is 15.6. The number of hydrogen-bond acceptors (Lipinski definition) is 4. The molecule has 6 nitrogen and oxygen atoms in total. The number of nitrogens with zero attached hydrogens (tertiary/aromatic N) is 2. The van der Waals surface area contributed by atoms with Crippen LogP contribution in [-0.2, 0) is 11.8 Å². The fraction of sp³-hybridized carbons (Fsp3) is 0.182. The Balaban J connectivity index is 2.45. The van der Waals surface area contributed by atoms with E-state index in [1.165, 1.54) is 6.92 Å². The zero-order chi connectivity index (χ0) is 13.3. The number of carboxylic acids is 1. The Labute approximate surface area is 107 Å². The number of anilines is 1. The van der Waals surface area contributed by atoms with E-state index in [4.69, 9.17) is 5.11 Å². The molecular weight excluding hydrogens is 254 g/mol. The third-order valence-electron chi connectivity index (χ3n) is 2.23. The molecule has 0 radical (unpaired) electrons. The van der Waals surface area contributed by atoms with Crippen LogP contribution in [0.4, 0.5) is 5.69 Å². The van der Waals surface area contributed by atoms with Crippen LogP contribution in [0.15, 0.2) is 18.5 Å². The van der Waals surface area contributed by atoms with Crippen LogP contribution in [0.1, 0.15) is 16.6 Å². The van der Waals surface area contributed by atoms with Crippen LogP contribution in [0.5, 0.6) is 0 Å². The molecule has 94 valence electrons. The molecule has 0 aliphatic carbocycles. The van der Waals surface area contributed by atoms with E-state index in [1.807, 2.05) is 0 Å². The van der Waals surface area contributed by atoms with Crippen LogP contribution in [0.3, 0.4) is 0 Å². The number of nitrogens with one attached hydrogen (secondary N) is 1. The number of aryl methyl sites for hydroxylation is 1. The largest absolute Gasteiger partial charge is 0.477 e. The molecule has 2 aromatic heterocycles. The second-order valence-electron chi connectivity index (χ2n) is 3.74. The maximum Gasteiger partial charge on any atom is 0.348 e. The van der Waals surface area contributed by atoms with Gasteiger partial charge in [0.25, 0.3) is 0 Å². The number of aromatic carboxylic acids is 1. The highest BCUT2D eigenvalue weighted by atomic mass is 32.1. The quantitative estimate of drug-likeness (QED) is 0.886. The van der Waals surface area contributed by atoms with Gasteiger partial charge in [0.1, 0.15) is 4.88 Å². The van der Waals surface area contributed by atoms with Gasteiger partial charge in [-0.2, -0.15) is 5.10 Å². The van der Waals surface area contributed by atoms with E-state index >= 15 is 0 Å². The third kappa shape index (κ3) is 2.40. The average Bonchev–Trinajstić information content (AvgIpc) is 2.83. The molecule has 0 aromatic carbocycles. The molecule has 18 heavy (non-hydrogen) atoms. The van der Waals surface area contributed by atoms with Crippen molar-refractivity contribution in [2.45, 2.75) is 6.92 Å². The maximum absolute atomic E-state index is 11.1. The Morgan fingerprint density at radius 3 is 2.72 bits per heavy atom. The third-order valence-corrected chi connectivity index (χ3v) is 3.40. The summed E-state index contributed by atoms with van der Waals surface area (Å²) < 4.78 is 1.63. The Kier molecular flexibility index (Phi) is 3.15. The molecular formula is C11H11N3O3S. The molecule has 2 heterocycles. The predicted molar refractivity (Wildman–Crippen MR) is 67.8 cm³/mol. The van der Waals surface area contributed by atoms with Gasteiger partial charge in [0, 0.05) is 30.6 Å². The Morgan fingerprint density at radius 1 is 1.50 bits per heavy atom. The van der Waals surface area contributed by atoms with Crippen LogP contribution < -0.4 is 5.32 Å². The van der Waals surface area contributed by atoms with Crippen LogP contribution in [0.2, 0.25) is 0 Å². The Hall–Kier alpha value is -2.15. The topological polar surface area (TPSA) is 84.2 Å². The van der Waals surface area contributed by atoms with Crippen LogP contribution in [-0.4, -0.2) is 26.8 Å². The van der Waals surface area contributed by atoms with Gasteiger partial charge in [-0.25, -0.2) is 4.79 Å². The molecule has 0 unspecified atom stereocenters. The molecule has 0 saturated heterocycles. The van der Waals surface area contributed by atoms with Gasteiger partial charge in [-0.15, -0.1) is 11.3 Å². The summed E-state index contributed by atoms with van der Waals surface area (Å²) in [7, 11) is 1.78. The number of hydrogen-bond donors (Lipinski definition) is 2. The van der Waals surface area contributed by atoms with Gasteiger partial charge in [0.2, 0.25) is 5.91 Å². The Morgan fingerprint density at radius 2 is 2.22 bits per heavy atom. The van der Waals surface area contributed by atoms with Crippen molar-refractivity contribution in [1.82, 2.24) is 9.78 Å². The highest BCUT2D eigenvalue weighted by Gasteiger charge is 2.17.